The number of nitrogens with one attached hydrogen (secondary N) is 2. The number of guanidine groups is 1. The summed E-state index contributed by atoms with van der Waals surface area (Å²) < 4.78 is 16.7. The third-order valence-electron chi connectivity index (χ3n) is 4.58. The van der Waals surface area contributed by atoms with Crippen molar-refractivity contribution < 1.29 is 14.0 Å². The monoisotopic (exact) mass is 431 g/mol. The van der Waals surface area contributed by atoms with Crippen LogP contribution in [0.1, 0.15) is 77.2 Å². The summed E-state index contributed by atoms with van der Waals surface area (Å²) in [6, 6.07) is 6.09. The van der Waals surface area contributed by atoms with Crippen LogP contribution in [0.4, 0.5) is 0 Å². The summed E-state index contributed by atoms with van der Waals surface area (Å²) in [4.78, 5) is 9.11. The standard InChI is InChI=1S/C23H37N5O3/c1-7-24-23(25-14-10-11-21-27-22(16(4)5)28-31-21)26-17(6)18-12-13-19(29-8-2)20(15-18)30-9-3/h12-13,15-17H,7-11,14H2,1-6H3,(H2,24,25,26). The van der Waals surface area contributed by atoms with Crippen molar-refractivity contribution in [2.24, 2.45) is 4.99 Å². The van der Waals surface area contributed by atoms with Crippen molar-refractivity contribution in [1.29, 1.82) is 0 Å². The van der Waals surface area contributed by atoms with Gasteiger partial charge in [0, 0.05) is 25.4 Å². The van der Waals surface area contributed by atoms with Crippen LogP contribution in [0.2, 0.25) is 0 Å². The molecule has 1 aromatic carbocycles. The van der Waals surface area contributed by atoms with E-state index in [-0.39, 0.29) is 12.0 Å². The molecule has 8 nitrogen and oxygen atoms in total. The number of aryl methyl sites for hydroxylation is 1. The average Bonchev–Trinajstić information content (AvgIpc) is 3.22. The molecular weight excluding hydrogens is 394 g/mol. The average molecular weight is 432 g/mol. The van der Waals surface area contributed by atoms with Crippen molar-refractivity contribution in [2.75, 3.05) is 26.3 Å². The molecule has 172 valence electrons. The summed E-state index contributed by atoms with van der Waals surface area (Å²) in [5.74, 6) is 4.00. The predicted octanol–water partition coefficient (Wildman–Crippen LogP) is 4.24. The zero-order valence-electron chi connectivity index (χ0n) is 19.7. The minimum absolute atomic E-state index is 0.0530. The normalized spacial score (nSPS) is 12.7. The Morgan fingerprint density at radius 1 is 1.10 bits per heavy atom. The van der Waals surface area contributed by atoms with Gasteiger partial charge in [-0.25, -0.2) is 0 Å². The molecular formula is C23H37N5O3. The van der Waals surface area contributed by atoms with E-state index in [1.54, 1.807) is 0 Å². The van der Waals surface area contributed by atoms with E-state index in [4.69, 9.17) is 19.0 Å². The highest BCUT2D eigenvalue weighted by molar-refractivity contribution is 5.80. The van der Waals surface area contributed by atoms with E-state index in [1.807, 2.05) is 26.0 Å². The fraction of sp³-hybridized carbons (Fsp3) is 0.609. The molecule has 0 fully saturated rings. The Hall–Kier alpha value is -2.77. The molecule has 0 aliphatic rings. The van der Waals surface area contributed by atoms with Gasteiger partial charge in [-0.05, 0) is 51.8 Å². The Morgan fingerprint density at radius 3 is 2.48 bits per heavy atom. The molecule has 31 heavy (non-hydrogen) atoms. The van der Waals surface area contributed by atoms with Gasteiger partial charge in [-0.2, -0.15) is 4.98 Å². The van der Waals surface area contributed by atoms with Gasteiger partial charge in [-0.15, -0.1) is 0 Å². The van der Waals surface area contributed by atoms with Crippen LogP contribution in [0.15, 0.2) is 27.7 Å². The number of hydrogen-bond donors (Lipinski definition) is 2. The molecule has 0 amide bonds. The molecule has 8 heteroatoms. The van der Waals surface area contributed by atoms with E-state index in [9.17, 15) is 0 Å². The molecule has 1 heterocycles. The van der Waals surface area contributed by atoms with Crippen LogP contribution in [0.25, 0.3) is 0 Å². The van der Waals surface area contributed by atoms with E-state index < -0.39 is 0 Å². The van der Waals surface area contributed by atoms with Crippen molar-refractivity contribution in [2.45, 2.75) is 66.3 Å². The van der Waals surface area contributed by atoms with Crippen LogP contribution in [0.5, 0.6) is 11.5 Å². The van der Waals surface area contributed by atoms with Crippen molar-refractivity contribution in [1.82, 2.24) is 20.8 Å². The van der Waals surface area contributed by atoms with Crippen LogP contribution in [0, 0.1) is 0 Å². The van der Waals surface area contributed by atoms with Gasteiger partial charge in [0.25, 0.3) is 0 Å². The lowest BCUT2D eigenvalue weighted by molar-refractivity contribution is 0.287. The second kappa shape index (κ2) is 12.8. The van der Waals surface area contributed by atoms with E-state index >= 15 is 0 Å². The van der Waals surface area contributed by atoms with Gasteiger partial charge < -0.3 is 24.6 Å². The molecule has 1 aromatic heterocycles. The van der Waals surface area contributed by atoms with E-state index in [0.717, 1.165) is 48.2 Å². The third kappa shape index (κ3) is 7.77. The van der Waals surface area contributed by atoms with Crippen LogP contribution >= 0.6 is 0 Å². The number of rotatable bonds is 12. The molecule has 2 aromatic rings. The van der Waals surface area contributed by atoms with Crippen LogP contribution < -0.4 is 20.1 Å². The molecule has 0 aliphatic carbocycles. The van der Waals surface area contributed by atoms with Crippen LogP contribution in [0.3, 0.4) is 0 Å². The zero-order valence-corrected chi connectivity index (χ0v) is 19.7. The smallest absolute Gasteiger partial charge is 0.226 e. The molecule has 1 atom stereocenters. The highest BCUT2D eigenvalue weighted by atomic mass is 16.5. The van der Waals surface area contributed by atoms with Gasteiger partial charge >= 0.3 is 0 Å². The highest BCUT2D eigenvalue weighted by Gasteiger charge is 2.13. The largest absolute Gasteiger partial charge is 0.490 e. The lowest BCUT2D eigenvalue weighted by Gasteiger charge is -2.20. The van der Waals surface area contributed by atoms with Gasteiger partial charge in [0.05, 0.1) is 19.3 Å². The van der Waals surface area contributed by atoms with Gasteiger partial charge in [0.15, 0.2) is 23.3 Å². The van der Waals surface area contributed by atoms with Crippen molar-refractivity contribution >= 4 is 5.96 Å². The number of benzene rings is 1. The Kier molecular flexibility index (Phi) is 10.1. The summed E-state index contributed by atoms with van der Waals surface area (Å²) in [6.45, 7) is 14.8. The lowest BCUT2D eigenvalue weighted by atomic mass is 10.1. The van der Waals surface area contributed by atoms with Crippen LogP contribution in [-0.2, 0) is 6.42 Å². The van der Waals surface area contributed by atoms with Gasteiger partial charge in [0.2, 0.25) is 5.89 Å². The topological polar surface area (TPSA) is 93.8 Å². The molecule has 0 saturated carbocycles. The van der Waals surface area contributed by atoms with Crippen molar-refractivity contribution in [3.8, 4) is 11.5 Å². The first-order chi connectivity index (χ1) is 15.0. The second-order valence-electron chi connectivity index (χ2n) is 7.50. The van der Waals surface area contributed by atoms with Gasteiger partial charge in [-0.3, -0.25) is 4.99 Å². The second-order valence-corrected chi connectivity index (χ2v) is 7.50. The maximum atomic E-state index is 5.75. The number of aromatic nitrogens is 2. The summed E-state index contributed by atoms with van der Waals surface area (Å²) >= 11 is 0. The first-order valence-electron chi connectivity index (χ1n) is 11.2. The first kappa shape index (κ1) is 24.5. The van der Waals surface area contributed by atoms with Crippen LogP contribution in [-0.4, -0.2) is 42.4 Å². The van der Waals surface area contributed by atoms with Gasteiger partial charge in [0.1, 0.15) is 0 Å². The van der Waals surface area contributed by atoms with E-state index in [2.05, 4.69) is 54.5 Å². The first-order valence-corrected chi connectivity index (χ1v) is 11.2. The zero-order chi connectivity index (χ0) is 22.6. The molecule has 0 bridgehead atoms. The van der Waals surface area contributed by atoms with Gasteiger partial charge in [-0.1, -0.05) is 25.1 Å². The molecule has 2 N–H and O–H groups in total. The van der Waals surface area contributed by atoms with Crippen molar-refractivity contribution in [3.63, 3.8) is 0 Å². The summed E-state index contributed by atoms with van der Waals surface area (Å²) in [5, 5.41) is 10.8. The van der Waals surface area contributed by atoms with E-state index in [1.165, 1.54) is 0 Å². The molecule has 0 saturated heterocycles. The Labute approximate surface area is 185 Å². The fourth-order valence-electron chi connectivity index (χ4n) is 2.97. The fourth-order valence-corrected chi connectivity index (χ4v) is 2.97. The summed E-state index contributed by atoms with van der Waals surface area (Å²) in [7, 11) is 0. The minimum Gasteiger partial charge on any atom is -0.490 e. The molecule has 0 aliphatic heterocycles. The quantitative estimate of drug-likeness (QED) is 0.295. The molecule has 2 rings (SSSR count). The minimum atomic E-state index is 0.0530. The number of hydrogen-bond acceptors (Lipinski definition) is 6. The molecule has 0 spiro atoms. The number of nitrogens with zero attached hydrogens (tertiary/aromatic N) is 3. The van der Waals surface area contributed by atoms with E-state index in [0.29, 0.717) is 25.6 Å². The number of aliphatic imine (C=N–C) groups is 1. The van der Waals surface area contributed by atoms with Crippen molar-refractivity contribution in [3.05, 3.63) is 35.5 Å². The SMILES string of the molecule is CCNC(=NCCCc1nc(C(C)C)no1)NC(C)c1ccc(OCC)c(OCC)c1. The predicted molar refractivity (Wildman–Crippen MR) is 123 cm³/mol. The summed E-state index contributed by atoms with van der Waals surface area (Å²) in [5.41, 5.74) is 1.10. The Bertz CT molecular complexity index is 819. The third-order valence-corrected chi connectivity index (χ3v) is 4.58. The highest BCUT2D eigenvalue weighted by Crippen LogP contribution is 2.30. The molecule has 1 unspecified atom stereocenters. The Morgan fingerprint density at radius 2 is 1.84 bits per heavy atom. The molecule has 0 radical (unpaired) electrons. The lowest BCUT2D eigenvalue weighted by Crippen LogP contribution is -2.38. The maximum Gasteiger partial charge on any atom is 0.226 e. The Balaban J connectivity index is 1.96. The number of ether oxygens (including phenoxy) is 2. The maximum absolute atomic E-state index is 5.75. The summed E-state index contributed by atoms with van der Waals surface area (Å²) in [6.07, 6.45) is 1.55.